The Bertz CT molecular complexity index is 1850. The molecule has 4 saturated carbocycles. The van der Waals surface area contributed by atoms with E-state index >= 15 is 0 Å². The van der Waals surface area contributed by atoms with Gasteiger partial charge in [-0.25, -0.2) is 9.59 Å². The number of carboxylic acid groups (broad SMARTS) is 2. The Kier molecular flexibility index (Phi) is 14.0. The van der Waals surface area contributed by atoms with Gasteiger partial charge in [-0.15, -0.1) is 0 Å². The molecule has 4 fully saturated rings. The number of aliphatic carboxylic acids is 1. The number of nitrogens with one attached hydrogen (secondary N) is 2. The number of esters is 1. The largest absolute Gasteiger partial charge is 0.480 e. The average molecular weight is 845 g/mol. The molecule has 0 heterocycles. The summed E-state index contributed by atoms with van der Waals surface area (Å²) in [6.45, 7) is 17.4. The smallest absolute Gasteiger partial charge is 0.339 e. The van der Waals surface area contributed by atoms with Gasteiger partial charge in [0.15, 0.2) is 0 Å². The number of allylic oxidation sites excluding steroid dienone is 2. The van der Waals surface area contributed by atoms with Gasteiger partial charge in [0.1, 0.15) is 12.6 Å². The van der Waals surface area contributed by atoms with Crippen LogP contribution in [0, 0.1) is 50.2 Å². The van der Waals surface area contributed by atoms with Crippen LogP contribution >= 0.6 is 0 Å². The van der Waals surface area contributed by atoms with Crippen LogP contribution in [0.4, 0.5) is 0 Å². The van der Waals surface area contributed by atoms with Crippen LogP contribution in [-0.4, -0.2) is 59.1 Å². The second-order valence-electron chi connectivity index (χ2n) is 22.0. The van der Waals surface area contributed by atoms with Crippen molar-refractivity contribution in [2.45, 2.75) is 177 Å². The summed E-state index contributed by atoms with van der Waals surface area (Å²) in [5.41, 5.74) is 1.28. The molecule has 5 aliphatic rings. The molecule has 1 aromatic rings. The molecule has 1 aromatic carbocycles. The van der Waals surface area contributed by atoms with Crippen molar-refractivity contribution in [2.24, 2.45) is 50.2 Å². The van der Waals surface area contributed by atoms with Crippen LogP contribution in [0.25, 0.3) is 0 Å². The van der Waals surface area contributed by atoms with E-state index in [9.17, 15) is 29.1 Å². The molecule has 0 aromatic heterocycles. The highest BCUT2D eigenvalue weighted by Crippen LogP contribution is 2.76. The summed E-state index contributed by atoms with van der Waals surface area (Å²) in [4.78, 5) is 62.3. The second-order valence-corrected chi connectivity index (χ2v) is 22.0. The lowest BCUT2D eigenvalue weighted by atomic mass is 9.33. The zero-order chi connectivity index (χ0) is 44.4. The normalized spacial score (nSPS) is 33.3. The molecule has 61 heavy (non-hydrogen) atoms. The fraction of sp³-hybridized carbons (Fsp3) is 0.745. The maximum Gasteiger partial charge on any atom is 0.339 e. The molecule has 0 saturated heterocycles. The van der Waals surface area contributed by atoms with Crippen molar-refractivity contribution in [3.8, 4) is 0 Å². The van der Waals surface area contributed by atoms with E-state index in [1.807, 2.05) is 0 Å². The number of benzene rings is 1. The Balaban J connectivity index is 1.08. The van der Waals surface area contributed by atoms with Gasteiger partial charge in [0.05, 0.1) is 16.5 Å². The summed E-state index contributed by atoms with van der Waals surface area (Å²) in [7, 11) is 0. The highest BCUT2D eigenvalue weighted by Gasteiger charge is 2.69. The van der Waals surface area contributed by atoms with Crippen LogP contribution < -0.4 is 10.6 Å². The van der Waals surface area contributed by atoms with E-state index in [2.05, 4.69) is 65.2 Å². The van der Waals surface area contributed by atoms with E-state index in [1.54, 1.807) is 23.8 Å². The van der Waals surface area contributed by atoms with Gasteiger partial charge in [0, 0.05) is 18.4 Å². The first-order chi connectivity index (χ1) is 28.7. The zero-order valence-electron chi connectivity index (χ0n) is 38.4. The molecular weight excluding hydrogens is 769 g/mol. The highest BCUT2D eigenvalue weighted by atomic mass is 16.5. The topological polar surface area (TPSA) is 159 Å². The fourth-order valence-corrected chi connectivity index (χ4v) is 14.0. The van der Waals surface area contributed by atoms with Crippen molar-refractivity contribution in [3.05, 3.63) is 47.0 Å². The molecule has 8 atom stereocenters. The number of hydrogen-bond donors (Lipinski definition) is 4. The summed E-state index contributed by atoms with van der Waals surface area (Å²) in [6, 6.07) is 6.34. The van der Waals surface area contributed by atoms with Gasteiger partial charge in [-0.05, 0) is 129 Å². The maximum atomic E-state index is 14.6. The molecule has 0 aliphatic heterocycles. The summed E-state index contributed by atoms with van der Waals surface area (Å²) in [5.74, 6) is -1.58. The molecule has 338 valence electrons. The third-order valence-electron chi connectivity index (χ3n) is 17.7. The molecule has 10 nitrogen and oxygen atoms in total. The standard InChI is InChI=1S/C51H76N2O8/c1-46(2)27-29-51(45(60)52-31-17-13-11-9-8-10-12-14-20-41(54)53-33-42(55)56)30-28-49(6)36(37(51)32-46)21-22-39-48(5)25-24-40(47(3,4)38(48)23-26-50(39,49)7)61-44(59)35-19-16-15-18-34(35)43(57)58/h15-16,18-19,21,37-40H,8-14,17,20,22-33H2,1-7H3,(H,52,60)(H,53,54)(H,55,56)(H,57,58)/t37-,38-,39+,40-,48-,49+,50+,51-/m0/s1. The zero-order valence-corrected chi connectivity index (χ0v) is 38.4. The number of hydrogen-bond acceptors (Lipinski definition) is 6. The van der Waals surface area contributed by atoms with Gasteiger partial charge >= 0.3 is 17.9 Å². The van der Waals surface area contributed by atoms with Crippen LogP contribution in [0.5, 0.6) is 0 Å². The monoisotopic (exact) mass is 845 g/mol. The summed E-state index contributed by atoms with van der Waals surface area (Å²) in [5, 5.41) is 24.3. The van der Waals surface area contributed by atoms with Crippen LogP contribution in [-0.2, 0) is 19.1 Å². The lowest BCUT2D eigenvalue weighted by Crippen LogP contribution is -2.65. The van der Waals surface area contributed by atoms with E-state index in [0.717, 1.165) is 122 Å². The van der Waals surface area contributed by atoms with Crippen molar-refractivity contribution < 1.29 is 38.9 Å². The number of amides is 2. The lowest BCUT2D eigenvalue weighted by Gasteiger charge is -2.71. The predicted molar refractivity (Wildman–Crippen MR) is 237 cm³/mol. The summed E-state index contributed by atoms with van der Waals surface area (Å²) < 4.78 is 6.27. The first kappa shape index (κ1) is 46.8. The van der Waals surface area contributed by atoms with Crippen molar-refractivity contribution in [1.82, 2.24) is 10.6 Å². The number of fused-ring (bicyclic) bond motifs is 7. The number of carbonyl (C=O) groups excluding carboxylic acids is 3. The molecule has 6 rings (SSSR count). The molecule has 10 heteroatoms. The molecule has 4 N–H and O–H groups in total. The van der Waals surface area contributed by atoms with Crippen molar-refractivity contribution in [1.29, 1.82) is 0 Å². The number of aromatic carboxylic acids is 1. The van der Waals surface area contributed by atoms with Crippen LogP contribution in [0.2, 0.25) is 0 Å². The number of rotatable bonds is 17. The molecule has 2 amide bonds. The minimum atomic E-state index is -1.13. The van der Waals surface area contributed by atoms with Gasteiger partial charge in [0.2, 0.25) is 11.8 Å². The van der Waals surface area contributed by atoms with Gasteiger partial charge in [0.25, 0.3) is 0 Å². The predicted octanol–water partition coefficient (Wildman–Crippen LogP) is 10.5. The Labute approximate surface area is 365 Å². The van der Waals surface area contributed by atoms with E-state index in [1.165, 1.54) is 6.07 Å². The molecule has 0 unspecified atom stereocenters. The Morgan fingerprint density at radius 1 is 0.721 bits per heavy atom. The van der Waals surface area contributed by atoms with Crippen molar-refractivity contribution in [3.63, 3.8) is 0 Å². The second kappa shape index (κ2) is 18.2. The molecular formula is C51H76N2O8. The first-order valence-electron chi connectivity index (χ1n) is 23.7. The highest BCUT2D eigenvalue weighted by molar-refractivity contribution is 6.02. The SMILES string of the molecule is CC1(C)CC[C@]2(C(=O)NCCCCCCCCCCC(=O)NCC(=O)O)CC[C@]3(C)C(=CC[C@@H]4[C@@]5(C)CC[C@H](OC(=O)c6ccccc6C(=O)O)C(C)(C)[C@@H]5CC[C@]43C)[C@@H]2C1. The molecule has 5 aliphatic carbocycles. The van der Waals surface area contributed by atoms with Gasteiger partial charge in [-0.2, -0.15) is 0 Å². The van der Waals surface area contributed by atoms with E-state index < -0.39 is 17.9 Å². The average Bonchev–Trinajstić information content (AvgIpc) is 3.20. The summed E-state index contributed by atoms with van der Waals surface area (Å²) >= 11 is 0. The fourth-order valence-electron chi connectivity index (χ4n) is 14.0. The first-order valence-corrected chi connectivity index (χ1v) is 23.7. The number of ether oxygens (including phenoxy) is 1. The number of carbonyl (C=O) groups is 5. The Morgan fingerprint density at radius 2 is 1.36 bits per heavy atom. The molecule has 0 radical (unpaired) electrons. The minimum absolute atomic E-state index is 0.00741. The van der Waals surface area contributed by atoms with Crippen LogP contribution in [0.1, 0.15) is 191 Å². The number of unbranched alkanes of at least 4 members (excludes halogenated alkanes) is 7. The quantitative estimate of drug-likeness (QED) is 0.0685. The third kappa shape index (κ3) is 9.07. The van der Waals surface area contributed by atoms with Crippen molar-refractivity contribution in [2.75, 3.05) is 13.1 Å². The van der Waals surface area contributed by atoms with Crippen molar-refractivity contribution >= 4 is 29.7 Å². The van der Waals surface area contributed by atoms with Gasteiger partial charge < -0.3 is 25.6 Å². The van der Waals surface area contributed by atoms with E-state index in [-0.39, 0.29) is 74.0 Å². The van der Waals surface area contributed by atoms with Crippen LogP contribution in [0.15, 0.2) is 35.9 Å². The number of carboxylic acids is 2. The summed E-state index contributed by atoms with van der Waals surface area (Å²) in [6.07, 6.45) is 20.8. The minimum Gasteiger partial charge on any atom is -0.480 e. The van der Waals surface area contributed by atoms with Crippen LogP contribution in [0.3, 0.4) is 0 Å². The Hall–Kier alpha value is -3.69. The van der Waals surface area contributed by atoms with E-state index in [0.29, 0.717) is 18.3 Å². The molecule has 0 spiro atoms. The van der Waals surface area contributed by atoms with Gasteiger partial charge in [-0.3, -0.25) is 14.4 Å². The lowest BCUT2D eigenvalue weighted by molar-refractivity contribution is -0.204. The maximum absolute atomic E-state index is 14.6. The van der Waals surface area contributed by atoms with Gasteiger partial charge in [-0.1, -0.05) is 111 Å². The van der Waals surface area contributed by atoms with E-state index in [4.69, 9.17) is 9.84 Å². The Morgan fingerprint density at radius 3 is 2.03 bits per heavy atom. The third-order valence-corrected chi connectivity index (χ3v) is 17.7. The molecule has 0 bridgehead atoms.